The van der Waals surface area contributed by atoms with Crippen molar-refractivity contribution in [3.05, 3.63) is 35.9 Å². The highest BCUT2D eigenvalue weighted by Gasteiger charge is 2.35. The van der Waals surface area contributed by atoms with Crippen molar-refractivity contribution in [1.82, 2.24) is 9.80 Å². The van der Waals surface area contributed by atoms with Crippen molar-refractivity contribution >= 4 is 17.8 Å². The topological polar surface area (TPSA) is 77.9 Å². The van der Waals surface area contributed by atoms with Gasteiger partial charge in [-0.3, -0.25) is 19.3 Å². The lowest BCUT2D eigenvalue weighted by atomic mass is 9.93. The molecule has 1 N–H and O–H groups in total. The summed E-state index contributed by atoms with van der Waals surface area (Å²) in [5, 5.41) is 9.08. The Morgan fingerprint density at radius 3 is 2.07 bits per heavy atom. The Morgan fingerprint density at radius 2 is 1.48 bits per heavy atom. The molecular formula is C23H32N2O4. The van der Waals surface area contributed by atoms with E-state index in [1.165, 1.54) is 49.8 Å². The molecule has 29 heavy (non-hydrogen) atoms. The number of hydrogen-bond donors (Lipinski definition) is 1. The first-order valence-corrected chi connectivity index (χ1v) is 10.9. The Hall–Kier alpha value is -2.21. The molecule has 3 rings (SSSR count). The molecule has 2 amide bonds. The van der Waals surface area contributed by atoms with E-state index in [2.05, 4.69) is 4.90 Å². The fourth-order valence-corrected chi connectivity index (χ4v) is 4.73. The molecule has 0 aromatic heterocycles. The molecule has 6 nitrogen and oxygen atoms in total. The van der Waals surface area contributed by atoms with Crippen molar-refractivity contribution in [2.45, 2.75) is 76.3 Å². The Bertz CT molecular complexity index is 690. The third-order valence-corrected chi connectivity index (χ3v) is 6.27. The van der Waals surface area contributed by atoms with E-state index < -0.39 is 18.3 Å². The van der Waals surface area contributed by atoms with Gasteiger partial charge < -0.3 is 10.0 Å². The van der Waals surface area contributed by atoms with Gasteiger partial charge in [0.15, 0.2) is 0 Å². The molecule has 1 aliphatic carbocycles. The van der Waals surface area contributed by atoms with Crippen LogP contribution in [0.5, 0.6) is 0 Å². The lowest BCUT2D eigenvalue weighted by molar-refractivity contribution is -0.144. The van der Waals surface area contributed by atoms with E-state index in [1.807, 2.05) is 6.07 Å². The first-order valence-electron chi connectivity index (χ1n) is 10.9. The van der Waals surface area contributed by atoms with E-state index >= 15 is 0 Å². The SMILES string of the molecule is O=C(O)CC(=O)N(C(=O)c1ccccc1)C1CCN(C2CCCCCCC2)CC1. The fraction of sp³-hybridized carbons (Fsp3) is 0.609. The second-order valence-electron chi connectivity index (χ2n) is 8.27. The zero-order chi connectivity index (χ0) is 20.6. The summed E-state index contributed by atoms with van der Waals surface area (Å²) in [5.74, 6) is -2.20. The molecule has 0 unspecified atom stereocenters. The number of aliphatic carboxylic acids is 1. The van der Waals surface area contributed by atoms with Crippen LogP contribution in [0.2, 0.25) is 0 Å². The van der Waals surface area contributed by atoms with Gasteiger partial charge in [0.05, 0.1) is 0 Å². The molecular weight excluding hydrogens is 368 g/mol. The van der Waals surface area contributed by atoms with Crippen LogP contribution >= 0.6 is 0 Å². The van der Waals surface area contributed by atoms with Gasteiger partial charge in [0, 0.05) is 30.7 Å². The van der Waals surface area contributed by atoms with Crippen LogP contribution in [0.3, 0.4) is 0 Å². The number of imide groups is 1. The predicted octanol–water partition coefficient (Wildman–Crippen LogP) is 3.71. The Morgan fingerprint density at radius 1 is 0.897 bits per heavy atom. The first kappa shape index (κ1) is 21.5. The fourth-order valence-electron chi connectivity index (χ4n) is 4.73. The number of rotatable bonds is 5. The minimum absolute atomic E-state index is 0.237. The molecule has 1 aromatic rings. The number of hydrogen-bond acceptors (Lipinski definition) is 4. The average molecular weight is 401 g/mol. The third-order valence-electron chi connectivity index (χ3n) is 6.27. The third kappa shape index (κ3) is 5.89. The van der Waals surface area contributed by atoms with Gasteiger partial charge >= 0.3 is 5.97 Å². The minimum atomic E-state index is -1.20. The summed E-state index contributed by atoms with van der Waals surface area (Å²) in [6, 6.07) is 9.03. The number of amides is 2. The van der Waals surface area contributed by atoms with Crippen LogP contribution in [0, 0.1) is 0 Å². The lowest BCUT2D eigenvalue weighted by Gasteiger charge is -2.41. The number of carboxylic acid groups (broad SMARTS) is 1. The highest BCUT2D eigenvalue weighted by atomic mass is 16.4. The van der Waals surface area contributed by atoms with Gasteiger partial charge in [-0.05, 0) is 37.8 Å². The maximum Gasteiger partial charge on any atom is 0.312 e. The van der Waals surface area contributed by atoms with Gasteiger partial charge in [0.25, 0.3) is 5.91 Å². The zero-order valence-electron chi connectivity index (χ0n) is 17.1. The van der Waals surface area contributed by atoms with Crippen molar-refractivity contribution in [1.29, 1.82) is 0 Å². The summed E-state index contributed by atoms with van der Waals surface area (Å²) in [7, 11) is 0. The number of likely N-dealkylation sites (tertiary alicyclic amines) is 1. The van der Waals surface area contributed by atoms with E-state index in [0.717, 1.165) is 13.1 Å². The van der Waals surface area contributed by atoms with E-state index in [-0.39, 0.29) is 11.9 Å². The molecule has 1 aromatic carbocycles. The second kappa shape index (κ2) is 10.5. The number of nitrogens with zero attached hydrogens (tertiary/aromatic N) is 2. The summed E-state index contributed by atoms with van der Waals surface area (Å²) in [6.07, 6.45) is 9.76. The van der Waals surface area contributed by atoms with Gasteiger partial charge in [-0.15, -0.1) is 0 Å². The summed E-state index contributed by atoms with van der Waals surface area (Å²) < 4.78 is 0. The summed E-state index contributed by atoms with van der Waals surface area (Å²) in [4.78, 5) is 40.5. The van der Waals surface area contributed by atoms with Gasteiger partial charge in [-0.1, -0.05) is 50.3 Å². The normalized spacial score (nSPS) is 19.9. The largest absolute Gasteiger partial charge is 0.481 e. The van der Waals surface area contributed by atoms with Crippen molar-refractivity contribution < 1.29 is 19.5 Å². The Kier molecular flexibility index (Phi) is 7.81. The average Bonchev–Trinajstić information content (AvgIpc) is 2.69. The van der Waals surface area contributed by atoms with Crippen molar-refractivity contribution in [3.63, 3.8) is 0 Å². The number of piperidine rings is 1. The summed E-state index contributed by atoms with van der Waals surface area (Å²) in [5.41, 5.74) is 0.425. The molecule has 1 saturated heterocycles. The van der Waals surface area contributed by atoms with Crippen molar-refractivity contribution in [3.8, 4) is 0 Å². The van der Waals surface area contributed by atoms with E-state index in [0.29, 0.717) is 24.4 Å². The quantitative estimate of drug-likeness (QED) is 0.763. The maximum absolute atomic E-state index is 13.0. The molecule has 158 valence electrons. The van der Waals surface area contributed by atoms with Gasteiger partial charge in [-0.25, -0.2) is 0 Å². The molecule has 0 bridgehead atoms. The van der Waals surface area contributed by atoms with E-state index in [1.54, 1.807) is 24.3 Å². The molecule has 0 spiro atoms. The summed E-state index contributed by atoms with van der Waals surface area (Å²) >= 11 is 0. The van der Waals surface area contributed by atoms with Crippen LogP contribution in [-0.2, 0) is 9.59 Å². The van der Waals surface area contributed by atoms with Crippen LogP contribution in [0.1, 0.15) is 74.6 Å². The van der Waals surface area contributed by atoms with Crippen LogP contribution in [0.25, 0.3) is 0 Å². The summed E-state index contributed by atoms with van der Waals surface area (Å²) in [6.45, 7) is 1.71. The van der Waals surface area contributed by atoms with Gasteiger partial charge in [-0.2, -0.15) is 0 Å². The molecule has 6 heteroatoms. The standard InChI is InChI=1S/C23H32N2O4/c26-21(17-22(27)28)25(23(29)18-9-5-4-6-10-18)20-13-15-24(16-14-20)19-11-7-2-1-3-8-12-19/h4-6,9-10,19-20H,1-3,7-8,11-17H2,(H,27,28). The number of carbonyl (C=O) groups is 3. The van der Waals surface area contributed by atoms with E-state index in [9.17, 15) is 14.4 Å². The van der Waals surface area contributed by atoms with Crippen LogP contribution in [0.15, 0.2) is 30.3 Å². The van der Waals surface area contributed by atoms with Crippen LogP contribution < -0.4 is 0 Å². The molecule has 1 aliphatic heterocycles. The number of benzene rings is 1. The number of carboxylic acids is 1. The number of carbonyl (C=O) groups excluding carboxylic acids is 2. The predicted molar refractivity (Wildman–Crippen MR) is 111 cm³/mol. The van der Waals surface area contributed by atoms with Crippen LogP contribution in [0.4, 0.5) is 0 Å². The Labute approximate surface area is 172 Å². The van der Waals surface area contributed by atoms with Crippen molar-refractivity contribution in [2.24, 2.45) is 0 Å². The molecule has 0 atom stereocenters. The zero-order valence-corrected chi connectivity index (χ0v) is 17.1. The van der Waals surface area contributed by atoms with Gasteiger partial charge in [0.2, 0.25) is 5.91 Å². The highest BCUT2D eigenvalue weighted by Crippen LogP contribution is 2.26. The molecule has 0 radical (unpaired) electrons. The molecule has 2 fully saturated rings. The highest BCUT2D eigenvalue weighted by molar-refractivity contribution is 6.08. The lowest BCUT2D eigenvalue weighted by Crippen LogP contribution is -2.52. The minimum Gasteiger partial charge on any atom is -0.481 e. The van der Waals surface area contributed by atoms with Gasteiger partial charge in [0.1, 0.15) is 6.42 Å². The first-order chi connectivity index (χ1) is 14.1. The Balaban J connectivity index is 1.68. The molecule has 2 aliphatic rings. The van der Waals surface area contributed by atoms with Crippen LogP contribution in [-0.4, -0.2) is 57.9 Å². The van der Waals surface area contributed by atoms with Crippen molar-refractivity contribution in [2.75, 3.05) is 13.1 Å². The monoisotopic (exact) mass is 400 g/mol. The maximum atomic E-state index is 13.0. The smallest absolute Gasteiger partial charge is 0.312 e. The van der Waals surface area contributed by atoms with E-state index in [4.69, 9.17) is 5.11 Å². The molecule has 1 saturated carbocycles. The molecule has 1 heterocycles. The second-order valence-corrected chi connectivity index (χ2v) is 8.27.